The fourth-order valence-corrected chi connectivity index (χ4v) is 3.98. The molecule has 27 heavy (non-hydrogen) atoms. The molecule has 0 aliphatic heterocycles. The van der Waals surface area contributed by atoms with E-state index in [1.807, 2.05) is 0 Å². The monoisotopic (exact) mass is 344 g/mol. The maximum Gasteiger partial charge on any atom is -0.00268 e. The molecule has 0 spiro atoms. The van der Waals surface area contributed by atoms with Crippen molar-refractivity contribution in [1.82, 2.24) is 0 Å². The van der Waals surface area contributed by atoms with Crippen LogP contribution in [-0.4, -0.2) is 0 Å². The van der Waals surface area contributed by atoms with Crippen molar-refractivity contribution in [1.29, 1.82) is 0 Å². The standard InChI is InChI=1S/C27H20/c1-3-9-21(10-4-1)25-15-8-16-26(27(25)22-11-5-2-6-12-22)24-18-17-20-13-7-14-23(20)19-24/h1-12,14-19H,13H2. The molecule has 4 aromatic carbocycles. The Kier molecular flexibility index (Phi) is 3.95. The fourth-order valence-electron chi connectivity index (χ4n) is 3.98. The number of benzene rings is 4. The van der Waals surface area contributed by atoms with Gasteiger partial charge in [-0.05, 0) is 57.0 Å². The molecule has 0 bridgehead atoms. The van der Waals surface area contributed by atoms with E-state index in [9.17, 15) is 0 Å². The van der Waals surface area contributed by atoms with Gasteiger partial charge in [-0.2, -0.15) is 0 Å². The van der Waals surface area contributed by atoms with Crippen molar-refractivity contribution in [2.45, 2.75) is 6.42 Å². The summed E-state index contributed by atoms with van der Waals surface area (Å²) in [4.78, 5) is 0. The minimum absolute atomic E-state index is 1.05. The summed E-state index contributed by atoms with van der Waals surface area (Å²) in [5.74, 6) is 0. The maximum atomic E-state index is 2.33. The molecule has 0 fully saturated rings. The first kappa shape index (κ1) is 15.8. The van der Waals surface area contributed by atoms with Gasteiger partial charge in [0.2, 0.25) is 0 Å². The van der Waals surface area contributed by atoms with Crippen molar-refractivity contribution in [3.8, 4) is 33.4 Å². The summed E-state index contributed by atoms with van der Waals surface area (Å²) in [5, 5.41) is 0. The zero-order valence-corrected chi connectivity index (χ0v) is 15.1. The number of rotatable bonds is 3. The molecule has 0 amide bonds. The molecule has 0 nitrogen and oxygen atoms in total. The average molecular weight is 344 g/mol. The minimum Gasteiger partial charge on any atom is -0.0795 e. The molecule has 128 valence electrons. The number of hydrogen-bond donors (Lipinski definition) is 0. The second kappa shape index (κ2) is 6.74. The highest BCUT2D eigenvalue weighted by atomic mass is 14.2. The molecule has 0 atom stereocenters. The van der Waals surface area contributed by atoms with Gasteiger partial charge in [-0.3, -0.25) is 0 Å². The summed E-state index contributed by atoms with van der Waals surface area (Å²) < 4.78 is 0. The Bertz CT molecular complexity index is 1120. The number of fused-ring (bicyclic) bond motifs is 1. The van der Waals surface area contributed by atoms with Crippen LogP contribution in [0.4, 0.5) is 0 Å². The van der Waals surface area contributed by atoms with Crippen LogP contribution in [0.15, 0.2) is 103 Å². The van der Waals surface area contributed by atoms with Gasteiger partial charge in [0.25, 0.3) is 0 Å². The second-order valence-electron chi connectivity index (χ2n) is 6.98. The van der Waals surface area contributed by atoms with E-state index < -0.39 is 0 Å². The summed E-state index contributed by atoms with van der Waals surface area (Å²) >= 11 is 0. The Morgan fingerprint density at radius 3 is 1.93 bits per heavy atom. The van der Waals surface area contributed by atoms with E-state index in [0.29, 0.717) is 0 Å². The van der Waals surface area contributed by atoms with Crippen molar-refractivity contribution in [3.63, 3.8) is 0 Å². The van der Waals surface area contributed by atoms with Crippen LogP contribution in [0.25, 0.3) is 39.5 Å². The van der Waals surface area contributed by atoms with Gasteiger partial charge in [-0.1, -0.05) is 103 Å². The second-order valence-corrected chi connectivity index (χ2v) is 6.98. The van der Waals surface area contributed by atoms with Crippen molar-refractivity contribution in [2.75, 3.05) is 0 Å². The van der Waals surface area contributed by atoms with Crippen molar-refractivity contribution in [2.24, 2.45) is 0 Å². The number of allylic oxidation sites excluding steroid dienone is 1. The van der Waals surface area contributed by atoms with Crippen LogP contribution >= 0.6 is 0 Å². The number of hydrogen-bond acceptors (Lipinski definition) is 0. The third-order valence-electron chi connectivity index (χ3n) is 5.30. The lowest BCUT2D eigenvalue weighted by molar-refractivity contribution is 1.31. The molecule has 0 heterocycles. The molecule has 0 aromatic heterocycles. The van der Waals surface area contributed by atoms with E-state index in [4.69, 9.17) is 0 Å². The Morgan fingerprint density at radius 2 is 1.19 bits per heavy atom. The van der Waals surface area contributed by atoms with Crippen LogP contribution < -0.4 is 0 Å². The van der Waals surface area contributed by atoms with E-state index in [0.717, 1.165) is 6.42 Å². The first-order chi connectivity index (χ1) is 13.4. The van der Waals surface area contributed by atoms with Gasteiger partial charge >= 0.3 is 0 Å². The van der Waals surface area contributed by atoms with Gasteiger partial charge in [0, 0.05) is 0 Å². The van der Waals surface area contributed by atoms with E-state index >= 15 is 0 Å². The summed E-state index contributed by atoms with van der Waals surface area (Å²) in [7, 11) is 0. The highest BCUT2D eigenvalue weighted by molar-refractivity contribution is 5.94. The van der Waals surface area contributed by atoms with Crippen molar-refractivity contribution >= 4 is 6.08 Å². The van der Waals surface area contributed by atoms with E-state index in [1.165, 1.54) is 44.5 Å². The smallest absolute Gasteiger partial charge is 0.00268 e. The zero-order valence-electron chi connectivity index (χ0n) is 15.1. The summed E-state index contributed by atoms with van der Waals surface area (Å²) in [6, 6.07) is 34.9. The molecule has 0 heteroatoms. The molecule has 1 aliphatic carbocycles. The minimum atomic E-state index is 1.05. The summed E-state index contributed by atoms with van der Waals surface area (Å²) in [6.45, 7) is 0. The van der Waals surface area contributed by atoms with Gasteiger partial charge in [-0.15, -0.1) is 0 Å². The Morgan fingerprint density at radius 1 is 0.519 bits per heavy atom. The van der Waals surface area contributed by atoms with Gasteiger partial charge in [0.1, 0.15) is 0 Å². The van der Waals surface area contributed by atoms with Gasteiger partial charge in [0.05, 0.1) is 0 Å². The van der Waals surface area contributed by atoms with E-state index in [-0.39, 0.29) is 0 Å². The predicted octanol–water partition coefficient (Wildman–Crippen LogP) is 7.26. The molecule has 5 rings (SSSR count). The van der Waals surface area contributed by atoms with Crippen LogP contribution in [0.1, 0.15) is 11.1 Å². The quantitative estimate of drug-likeness (QED) is 0.367. The zero-order chi connectivity index (χ0) is 18.1. The van der Waals surface area contributed by atoms with Crippen LogP contribution in [0.3, 0.4) is 0 Å². The van der Waals surface area contributed by atoms with Crippen LogP contribution in [0.5, 0.6) is 0 Å². The normalized spacial score (nSPS) is 12.1. The Hall–Kier alpha value is -3.38. The van der Waals surface area contributed by atoms with E-state index in [2.05, 4.69) is 109 Å². The molecule has 0 unspecified atom stereocenters. The molecule has 1 aliphatic rings. The highest BCUT2D eigenvalue weighted by Crippen LogP contribution is 2.40. The SMILES string of the molecule is C1=Cc2cc(-c3cccc(-c4ccccc4)c3-c3ccccc3)ccc2C1. The first-order valence-corrected chi connectivity index (χ1v) is 9.44. The molecule has 0 saturated heterocycles. The average Bonchev–Trinajstić information content (AvgIpc) is 3.22. The molecule has 0 N–H and O–H groups in total. The molecule has 0 radical (unpaired) electrons. The molecule has 0 saturated carbocycles. The third-order valence-corrected chi connectivity index (χ3v) is 5.30. The lowest BCUT2D eigenvalue weighted by Gasteiger charge is -2.17. The highest BCUT2D eigenvalue weighted by Gasteiger charge is 2.15. The van der Waals surface area contributed by atoms with Crippen LogP contribution in [0, 0.1) is 0 Å². The fraction of sp³-hybridized carbons (Fsp3) is 0.0370. The third kappa shape index (κ3) is 2.90. The van der Waals surface area contributed by atoms with E-state index in [1.54, 1.807) is 0 Å². The van der Waals surface area contributed by atoms with Crippen molar-refractivity contribution in [3.05, 3.63) is 114 Å². The molecular formula is C27H20. The lowest BCUT2D eigenvalue weighted by atomic mass is 9.87. The maximum absolute atomic E-state index is 2.33. The summed E-state index contributed by atoms with van der Waals surface area (Å²) in [6.07, 6.45) is 5.53. The van der Waals surface area contributed by atoms with Gasteiger partial charge < -0.3 is 0 Å². The Labute approximate surface area is 160 Å². The van der Waals surface area contributed by atoms with Gasteiger partial charge in [0.15, 0.2) is 0 Å². The summed E-state index contributed by atoms with van der Waals surface area (Å²) in [5.41, 5.74) is 10.4. The molecular weight excluding hydrogens is 324 g/mol. The predicted molar refractivity (Wildman–Crippen MR) is 115 cm³/mol. The largest absolute Gasteiger partial charge is 0.0795 e. The van der Waals surface area contributed by atoms with Crippen LogP contribution in [-0.2, 0) is 6.42 Å². The first-order valence-electron chi connectivity index (χ1n) is 9.44. The van der Waals surface area contributed by atoms with Crippen LogP contribution in [0.2, 0.25) is 0 Å². The Balaban J connectivity index is 1.78. The lowest BCUT2D eigenvalue weighted by Crippen LogP contribution is -1.91. The molecule has 4 aromatic rings. The van der Waals surface area contributed by atoms with Gasteiger partial charge in [-0.25, -0.2) is 0 Å². The topological polar surface area (TPSA) is 0 Å². The van der Waals surface area contributed by atoms with Crippen molar-refractivity contribution < 1.29 is 0 Å².